The van der Waals surface area contributed by atoms with E-state index < -0.39 is 0 Å². The highest BCUT2D eigenvalue weighted by Crippen LogP contribution is 2.18. The quantitative estimate of drug-likeness (QED) is 0.827. The van der Waals surface area contributed by atoms with Gasteiger partial charge in [-0.1, -0.05) is 30.3 Å². The first kappa shape index (κ1) is 16.5. The van der Waals surface area contributed by atoms with E-state index in [1.807, 2.05) is 37.3 Å². The lowest BCUT2D eigenvalue weighted by Gasteiger charge is -2.24. The van der Waals surface area contributed by atoms with Gasteiger partial charge in [-0.05, 0) is 56.6 Å². The summed E-state index contributed by atoms with van der Waals surface area (Å²) in [5, 5.41) is 3.13. The predicted octanol–water partition coefficient (Wildman–Crippen LogP) is 3.55. The lowest BCUT2D eigenvalue weighted by molar-refractivity contribution is -0.117. The summed E-state index contributed by atoms with van der Waals surface area (Å²) in [6.07, 6.45) is 5.73. The number of aryl methyl sites for hydroxylation is 1. The first-order valence-corrected chi connectivity index (χ1v) is 8.53. The molecule has 2 aromatic rings. The number of benzene rings is 1. The van der Waals surface area contributed by atoms with Crippen LogP contribution in [0.25, 0.3) is 6.08 Å². The molecule has 1 fully saturated rings. The lowest BCUT2D eigenvalue weighted by atomic mass is 10.1. The number of nitrogens with one attached hydrogen (secondary N) is 1. The molecule has 1 amide bonds. The Hall–Kier alpha value is -2.33. The molecule has 1 atom stereocenters. The van der Waals surface area contributed by atoms with E-state index in [4.69, 9.17) is 4.42 Å². The SMILES string of the molecule is Cc1ccc(/C=C/C(=O)NC(CN2CCCC2)c2ccccc2)o1. The first-order valence-electron chi connectivity index (χ1n) is 8.53. The molecule has 0 radical (unpaired) electrons. The number of likely N-dealkylation sites (tertiary alicyclic amines) is 1. The first-order chi connectivity index (χ1) is 11.7. The van der Waals surface area contributed by atoms with Crippen LogP contribution in [0.4, 0.5) is 0 Å². The Morgan fingerprint density at radius 3 is 2.62 bits per heavy atom. The van der Waals surface area contributed by atoms with Crippen LogP contribution in [-0.2, 0) is 4.79 Å². The van der Waals surface area contributed by atoms with E-state index in [9.17, 15) is 4.79 Å². The number of nitrogens with zero attached hydrogens (tertiary/aromatic N) is 1. The van der Waals surface area contributed by atoms with Crippen molar-refractivity contribution in [3.8, 4) is 0 Å². The van der Waals surface area contributed by atoms with Gasteiger partial charge in [-0.15, -0.1) is 0 Å². The van der Waals surface area contributed by atoms with Crippen molar-refractivity contribution >= 4 is 12.0 Å². The fourth-order valence-corrected chi connectivity index (χ4v) is 3.06. The second-order valence-corrected chi connectivity index (χ2v) is 6.26. The van der Waals surface area contributed by atoms with Crippen molar-refractivity contribution in [3.05, 3.63) is 65.6 Å². The van der Waals surface area contributed by atoms with Crippen LogP contribution in [-0.4, -0.2) is 30.4 Å². The topological polar surface area (TPSA) is 45.5 Å². The minimum Gasteiger partial charge on any atom is -0.462 e. The summed E-state index contributed by atoms with van der Waals surface area (Å²) in [5.74, 6) is 1.43. The standard InChI is InChI=1S/C20H24N2O2/c1-16-9-10-18(24-16)11-12-20(23)21-19(15-22-13-5-6-14-22)17-7-3-2-4-8-17/h2-4,7-12,19H,5-6,13-15H2,1H3,(H,21,23)/b12-11+. The van der Waals surface area contributed by atoms with Crippen molar-refractivity contribution in [1.82, 2.24) is 10.2 Å². The summed E-state index contributed by atoms with van der Waals surface area (Å²) < 4.78 is 5.46. The zero-order chi connectivity index (χ0) is 16.8. The Bertz CT molecular complexity index is 685. The van der Waals surface area contributed by atoms with Gasteiger partial charge in [0.25, 0.3) is 0 Å². The second kappa shape index (κ2) is 7.97. The summed E-state index contributed by atoms with van der Waals surface area (Å²) in [6.45, 7) is 4.96. The normalized spacial score (nSPS) is 16.5. The van der Waals surface area contributed by atoms with Crippen LogP contribution >= 0.6 is 0 Å². The van der Waals surface area contributed by atoms with E-state index in [-0.39, 0.29) is 11.9 Å². The molecule has 0 bridgehead atoms. The maximum atomic E-state index is 12.3. The zero-order valence-corrected chi connectivity index (χ0v) is 14.1. The van der Waals surface area contributed by atoms with Gasteiger partial charge in [-0.25, -0.2) is 0 Å². The van der Waals surface area contributed by atoms with Gasteiger partial charge in [-0.3, -0.25) is 4.79 Å². The number of hydrogen-bond acceptors (Lipinski definition) is 3. The third kappa shape index (κ3) is 4.59. The number of amides is 1. The maximum absolute atomic E-state index is 12.3. The van der Waals surface area contributed by atoms with Crippen LogP contribution in [0.1, 0.15) is 36.0 Å². The molecule has 1 N–H and O–H groups in total. The van der Waals surface area contributed by atoms with E-state index in [0.717, 1.165) is 31.0 Å². The molecule has 1 unspecified atom stereocenters. The fourth-order valence-electron chi connectivity index (χ4n) is 3.06. The Morgan fingerprint density at radius 2 is 1.96 bits per heavy atom. The molecule has 4 heteroatoms. The Balaban J connectivity index is 1.66. The van der Waals surface area contributed by atoms with Gasteiger partial charge in [0, 0.05) is 12.6 Å². The molecule has 1 aromatic carbocycles. The summed E-state index contributed by atoms with van der Waals surface area (Å²) in [6, 6.07) is 13.9. The third-order valence-electron chi connectivity index (χ3n) is 4.32. The van der Waals surface area contributed by atoms with Crippen molar-refractivity contribution in [2.24, 2.45) is 0 Å². The van der Waals surface area contributed by atoms with Crippen LogP contribution < -0.4 is 5.32 Å². The van der Waals surface area contributed by atoms with Gasteiger partial charge in [0.05, 0.1) is 6.04 Å². The van der Waals surface area contributed by atoms with Gasteiger partial charge in [-0.2, -0.15) is 0 Å². The molecule has 1 aliphatic rings. The number of furan rings is 1. The number of carbonyl (C=O) groups excluding carboxylic acids is 1. The molecule has 3 rings (SSSR count). The summed E-state index contributed by atoms with van der Waals surface area (Å²) in [7, 11) is 0. The van der Waals surface area contributed by atoms with Crippen LogP contribution in [0.5, 0.6) is 0 Å². The molecular formula is C20H24N2O2. The van der Waals surface area contributed by atoms with Crippen molar-refractivity contribution < 1.29 is 9.21 Å². The van der Waals surface area contributed by atoms with Crippen molar-refractivity contribution in [2.45, 2.75) is 25.8 Å². The van der Waals surface area contributed by atoms with E-state index in [1.165, 1.54) is 18.9 Å². The Kier molecular flexibility index (Phi) is 5.49. The Labute approximate surface area is 143 Å². The molecule has 1 saturated heterocycles. The minimum atomic E-state index is -0.0999. The van der Waals surface area contributed by atoms with E-state index >= 15 is 0 Å². The average Bonchev–Trinajstić information content (AvgIpc) is 3.25. The van der Waals surface area contributed by atoms with Crippen molar-refractivity contribution in [1.29, 1.82) is 0 Å². The van der Waals surface area contributed by atoms with Gasteiger partial charge in [0.2, 0.25) is 5.91 Å². The summed E-state index contributed by atoms with van der Waals surface area (Å²) in [4.78, 5) is 14.7. The van der Waals surface area contributed by atoms with E-state index in [2.05, 4.69) is 22.3 Å². The summed E-state index contributed by atoms with van der Waals surface area (Å²) in [5.41, 5.74) is 1.14. The molecule has 126 valence electrons. The van der Waals surface area contributed by atoms with Crippen LogP contribution in [0.2, 0.25) is 0 Å². The molecule has 0 spiro atoms. The number of carbonyl (C=O) groups is 1. The van der Waals surface area contributed by atoms with Gasteiger partial charge < -0.3 is 14.6 Å². The molecule has 1 aliphatic heterocycles. The highest BCUT2D eigenvalue weighted by atomic mass is 16.3. The second-order valence-electron chi connectivity index (χ2n) is 6.26. The average molecular weight is 324 g/mol. The molecule has 4 nitrogen and oxygen atoms in total. The smallest absolute Gasteiger partial charge is 0.244 e. The lowest BCUT2D eigenvalue weighted by Crippen LogP contribution is -2.36. The molecule has 0 aliphatic carbocycles. The van der Waals surface area contributed by atoms with E-state index in [1.54, 1.807) is 6.08 Å². The van der Waals surface area contributed by atoms with Crippen LogP contribution in [0.3, 0.4) is 0 Å². The Morgan fingerprint density at radius 1 is 1.21 bits per heavy atom. The maximum Gasteiger partial charge on any atom is 0.244 e. The van der Waals surface area contributed by atoms with Gasteiger partial charge in [0.1, 0.15) is 11.5 Å². The van der Waals surface area contributed by atoms with Crippen molar-refractivity contribution in [3.63, 3.8) is 0 Å². The number of hydrogen-bond donors (Lipinski definition) is 1. The molecule has 24 heavy (non-hydrogen) atoms. The van der Waals surface area contributed by atoms with Crippen LogP contribution in [0, 0.1) is 6.92 Å². The third-order valence-corrected chi connectivity index (χ3v) is 4.32. The summed E-state index contributed by atoms with van der Waals surface area (Å²) >= 11 is 0. The van der Waals surface area contributed by atoms with Gasteiger partial charge >= 0.3 is 0 Å². The van der Waals surface area contributed by atoms with Gasteiger partial charge in [0.15, 0.2) is 0 Å². The molecule has 2 heterocycles. The minimum absolute atomic E-state index is 0.000197. The zero-order valence-electron chi connectivity index (χ0n) is 14.1. The van der Waals surface area contributed by atoms with E-state index in [0.29, 0.717) is 5.76 Å². The van der Waals surface area contributed by atoms with Crippen LogP contribution in [0.15, 0.2) is 53.0 Å². The molecule has 1 aromatic heterocycles. The monoisotopic (exact) mass is 324 g/mol. The molecular weight excluding hydrogens is 300 g/mol. The number of rotatable bonds is 6. The fraction of sp³-hybridized carbons (Fsp3) is 0.350. The highest BCUT2D eigenvalue weighted by Gasteiger charge is 2.19. The predicted molar refractivity (Wildman–Crippen MR) is 95.5 cm³/mol. The van der Waals surface area contributed by atoms with Crippen molar-refractivity contribution in [2.75, 3.05) is 19.6 Å². The largest absolute Gasteiger partial charge is 0.462 e. The highest BCUT2D eigenvalue weighted by molar-refractivity contribution is 5.91. The molecule has 0 saturated carbocycles.